The molecule has 4 nitrogen and oxygen atoms in total. The van der Waals surface area contributed by atoms with Gasteiger partial charge in [-0.1, -0.05) is 60.1 Å². The summed E-state index contributed by atoms with van der Waals surface area (Å²) in [6.45, 7) is 2.42. The lowest BCUT2D eigenvalue weighted by Crippen LogP contribution is -2.54. The summed E-state index contributed by atoms with van der Waals surface area (Å²) < 4.78 is 6.05. The number of rotatable bonds is 7. The minimum Gasteiger partial charge on any atom is -0.457 e. The van der Waals surface area contributed by atoms with Crippen molar-refractivity contribution in [2.45, 2.75) is 25.3 Å². The predicted octanol–water partition coefficient (Wildman–Crippen LogP) is 5.11. The standard InChI is InChI=1S/C26H27ClN2O2/c27-22-11-13-24(14-12-22)31-25-9-5-4-8-21(25)10-15-26(30)29-17-16-28-19-23(29)18-20-6-2-1-3-7-20/h1-9,11-14,23,28H,10,15-19H2. The first-order chi connectivity index (χ1) is 15.2. The van der Waals surface area contributed by atoms with Gasteiger partial charge in [0.15, 0.2) is 0 Å². The zero-order valence-electron chi connectivity index (χ0n) is 17.5. The molecule has 1 aliphatic rings. The third kappa shape index (κ3) is 5.87. The zero-order chi connectivity index (χ0) is 21.5. The summed E-state index contributed by atoms with van der Waals surface area (Å²) in [6, 6.07) is 25.8. The van der Waals surface area contributed by atoms with Crippen molar-refractivity contribution in [3.63, 3.8) is 0 Å². The molecule has 0 aliphatic carbocycles. The SMILES string of the molecule is O=C(CCc1ccccc1Oc1ccc(Cl)cc1)N1CCNCC1Cc1ccccc1. The summed E-state index contributed by atoms with van der Waals surface area (Å²) in [5.74, 6) is 1.70. The molecule has 31 heavy (non-hydrogen) atoms. The van der Waals surface area contributed by atoms with Gasteiger partial charge in [-0.05, 0) is 54.3 Å². The van der Waals surface area contributed by atoms with E-state index in [1.54, 1.807) is 12.1 Å². The number of hydrogen-bond donors (Lipinski definition) is 1. The fourth-order valence-electron chi connectivity index (χ4n) is 3.98. The van der Waals surface area contributed by atoms with Crippen LogP contribution in [0.3, 0.4) is 0 Å². The maximum absolute atomic E-state index is 13.1. The number of nitrogens with zero attached hydrogens (tertiary/aromatic N) is 1. The van der Waals surface area contributed by atoms with Crippen molar-refractivity contribution in [2.24, 2.45) is 0 Å². The molecule has 1 atom stereocenters. The van der Waals surface area contributed by atoms with Gasteiger partial charge in [0.05, 0.1) is 0 Å². The van der Waals surface area contributed by atoms with Gasteiger partial charge in [-0.2, -0.15) is 0 Å². The van der Waals surface area contributed by atoms with Crippen molar-refractivity contribution in [2.75, 3.05) is 19.6 Å². The Morgan fingerprint density at radius 1 is 1.00 bits per heavy atom. The first kappa shape index (κ1) is 21.4. The molecule has 0 saturated carbocycles. The van der Waals surface area contributed by atoms with Crippen LogP contribution < -0.4 is 10.1 Å². The third-order valence-electron chi connectivity index (χ3n) is 5.61. The molecule has 1 aliphatic heterocycles. The maximum atomic E-state index is 13.1. The Labute approximate surface area is 188 Å². The fraction of sp³-hybridized carbons (Fsp3) is 0.269. The van der Waals surface area contributed by atoms with Gasteiger partial charge in [0, 0.05) is 37.1 Å². The molecule has 0 spiro atoms. The van der Waals surface area contributed by atoms with Crippen LogP contribution in [-0.2, 0) is 17.6 Å². The summed E-state index contributed by atoms with van der Waals surface area (Å²) in [6.07, 6.45) is 1.98. The average molecular weight is 435 g/mol. The predicted molar refractivity (Wildman–Crippen MR) is 125 cm³/mol. The van der Waals surface area contributed by atoms with E-state index in [1.807, 2.05) is 47.4 Å². The van der Waals surface area contributed by atoms with E-state index in [0.717, 1.165) is 43.1 Å². The fourth-order valence-corrected chi connectivity index (χ4v) is 4.11. The van der Waals surface area contributed by atoms with Crippen LogP contribution >= 0.6 is 11.6 Å². The Bertz CT molecular complexity index is 992. The number of aryl methyl sites for hydroxylation is 1. The number of nitrogens with one attached hydrogen (secondary N) is 1. The van der Waals surface area contributed by atoms with E-state index in [9.17, 15) is 4.79 Å². The number of ether oxygens (including phenoxy) is 1. The number of carbonyl (C=O) groups excluding carboxylic acids is 1. The molecule has 1 unspecified atom stereocenters. The van der Waals surface area contributed by atoms with E-state index in [-0.39, 0.29) is 11.9 Å². The highest BCUT2D eigenvalue weighted by Gasteiger charge is 2.26. The summed E-state index contributed by atoms with van der Waals surface area (Å²) in [4.78, 5) is 15.2. The minimum atomic E-state index is 0.184. The number of para-hydroxylation sites is 1. The van der Waals surface area contributed by atoms with E-state index in [1.165, 1.54) is 5.56 Å². The van der Waals surface area contributed by atoms with Crippen LogP contribution in [0.4, 0.5) is 0 Å². The molecule has 1 N–H and O–H groups in total. The van der Waals surface area contributed by atoms with E-state index in [2.05, 4.69) is 29.6 Å². The highest BCUT2D eigenvalue weighted by molar-refractivity contribution is 6.30. The molecule has 5 heteroatoms. The largest absolute Gasteiger partial charge is 0.457 e. The summed E-state index contributed by atoms with van der Waals surface area (Å²) in [7, 11) is 0. The molecule has 1 amide bonds. The first-order valence-corrected chi connectivity index (χ1v) is 11.1. The number of benzene rings is 3. The van der Waals surface area contributed by atoms with E-state index < -0.39 is 0 Å². The van der Waals surface area contributed by atoms with Gasteiger partial charge in [0.2, 0.25) is 5.91 Å². The minimum absolute atomic E-state index is 0.184. The summed E-state index contributed by atoms with van der Waals surface area (Å²) >= 11 is 5.96. The molecule has 3 aromatic rings. The molecule has 4 rings (SSSR count). The van der Waals surface area contributed by atoms with Crippen LogP contribution in [0, 0.1) is 0 Å². The van der Waals surface area contributed by atoms with Crippen LogP contribution in [0.25, 0.3) is 0 Å². The number of piperazine rings is 1. The van der Waals surface area contributed by atoms with Crippen molar-refractivity contribution in [3.05, 3.63) is 95.0 Å². The Morgan fingerprint density at radius 2 is 1.74 bits per heavy atom. The van der Waals surface area contributed by atoms with Crippen molar-refractivity contribution >= 4 is 17.5 Å². The average Bonchev–Trinajstić information content (AvgIpc) is 2.81. The monoisotopic (exact) mass is 434 g/mol. The molecular formula is C26H27ClN2O2. The molecule has 1 fully saturated rings. The second-order valence-electron chi connectivity index (χ2n) is 7.80. The molecule has 0 bridgehead atoms. The number of hydrogen-bond acceptors (Lipinski definition) is 3. The van der Waals surface area contributed by atoms with Gasteiger partial charge in [-0.3, -0.25) is 4.79 Å². The van der Waals surface area contributed by atoms with Crippen molar-refractivity contribution in [3.8, 4) is 11.5 Å². The molecule has 160 valence electrons. The van der Waals surface area contributed by atoms with Crippen molar-refractivity contribution < 1.29 is 9.53 Å². The van der Waals surface area contributed by atoms with Gasteiger partial charge in [-0.25, -0.2) is 0 Å². The topological polar surface area (TPSA) is 41.6 Å². The highest BCUT2D eigenvalue weighted by Crippen LogP contribution is 2.27. The lowest BCUT2D eigenvalue weighted by Gasteiger charge is -2.36. The molecule has 0 aromatic heterocycles. The normalized spacial score (nSPS) is 16.2. The van der Waals surface area contributed by atoms with Gasteiger partial charge in [0.25, 0.3) is 0 Å². The van der Waals surface area contributed by atoms with Gasteiger partial charge < -0.3 is 15.0 Å². The molecule has 3 aromatic carbocycles. The second-order valence-corrected chi connectivity index (χ2v) is 8.23. The number of halogens is 1. The van der Waals surface area contributed by atoms with Gasteiger partial charge >= 0.3 is 0 Å². The van der Waals surface area contributed by atoms with Crippen molar-refractivity contribution in [1.29, 1.82) is 0 Å². The van der Waals surface area contributed by atoms with Crippen molar-refractivity contribution in [1.82, 2.24) is 10.2 Å². The molecule has 1 heterocycles. The van der Waals surface area contributed by atoms with Crippen LogP contribution in [0.15, 0.2) is 78.9 Å². The Morgan fingerprint density at radius 3 is 2.55 bits per heavy atom. The highest BCUT2D eigenvalue weighted by atomic mass is 35.5. The lowest BCUT2D eigenvalue weighted by molar-refractivity contribution is -0.134. The number of carbonyl (C=O) groups is 1. The maximum Gasteiger partial charge on any atom is 0.223 e. The Kier molecular flexibility index (Phi) is 7.23. The van der Waals surface area contributed by atoms with Crippen LogP contribution in [-0.4, -0.2) is 36.5 Å². The zero-order valence-corrected chi connectivity index (χ0v) is 18.2. The lowest BCUT2D eigenvalue weighted by atomic mass is 10.0. The molecule has 0 radical (unpaired) electrons. The number of amides is 1. The van der Waals surface area contributed by atoms with E-state index in [0.29, 0.717) is 17.9 Å². The van der Waals surface area contributed by atoms with E-state index >= 15 is 0 Å². The summed E-state index contributed by atoms with van der Waals surface area (Å²) in [5.41, 5.74) is 2.29. The molecular weight excluding hydrogens is 408 g/mol. The van der Waals surface area contributed by atoms with Crippen LogP contribution in [0.2, 0.25) is 5.02 Å². The Hall–Kier alpha value is -2.82. The third-order valence-corrected chi connectivity index (χ3v) is 5.86. The first-order valence-electron chi connectivity index (χ1n) is 10.7. The molecule has 1 saturated heterocycles. The van der Waals surface area contributed by atoms with Crippen LogP contribution in [0.5, 0.6) is 11.5 Å². The summed E-state index contributed by atoms with van der Waals surface area (Å²) in [5, 5.41) is 4.10. The van der Waals surface area contributed by atoms with Gasteiger partial charge in [0.1, 0.15) is 11.5 Å². The van der Waals surface area contributed by atoms with Gasteiger partial charge in [-0.15, -0.1) is 0 Å². The van der Waals surface area contributed by atoms with E-state index in [4.69, 9.17) is 16.3 Å². The quantitative estimate of drug-likeness (QED) is 0.562. The Balaban J connectivity index is 1.40. The van der Waals surface area contributed by atoms with Crippen LogP contribution in [0.1, 0.15) is 17.5 Å². The smallest absolute Gasteiger partial charge is 0.223 e. The second kappa shape index (κ2) is 10.5.